The van der Waals surface area contributed by atoms with E-state index in [1.807, 2.05) is 12.1 Å². The molecule has 1 atom stereocenters. The maximum Gasteiger partial charge on any atom is 0.153 e. The first-order valence-corrected chi connectivity index (χ1v) is 7.81. The smallest absolute Gasteiger partial charge is 0.153 e. The van der Waals surface area contributed by atoms with E-state index in [4.69, 9.17) is 0 Å². The maximum absolute atomic E-state index is 14.2. The van der Waals surface area contributed by atoms with E-state index in [2.05, 4.69) is 10.00 Å². The first kappa shape index (κ1) is 14.8. The number of aldehydes is 1. The average molecular weight is 327 g/mol. The number of carbonyl (C=O) groups excluding carboxylic acids is 1. The van der Waals surface area contributed by atoms with E-state index in [9.17, 15) is 13.6 Å². The van der Waals surface area contributed by atoms with Crippen LogP contribution in [0.4, 0.5) is 14.5 Å². The van der Waals surface area contributed by atoms with Crippen molar-refractivity contribution in [3.8, 4) is 0 Å². The summed E-state index contributed by atoms with van der Waals surface area (Å²) < 4.78 is 29.4. The van der Waals surface area contributed by atoms with Gasteiger partial charge < -0.3 is 4.90 Å². The molecule has 1 saturated heterocycles. The lowest BCUT2D eigenvalue weighted by atomic mass is 10.0. The molecule has 0 radical (unpaired) electrons. The number of rotatable bonds is 3. The Morgan fingerprint density at radius 3 is 2.92 bits per heavy atom. The van der Waals surface area contributed by atoms with Gasteiger partial charge in [-0.05, 0) is 43.2 Å². The molecule has 24 heavy (non-hydrogen) atoms. The molecule has 1 aliphatic heterocycles. The molecule has 1 fully saturated rings. The highest BCUT2D eigenvalue weighted by Gasteiger charge is 2.29. The zero-order valence-corrected chi connectivity index (χ0v) is 12.8. The lowest BCUT2D eigenvalue weighted by molar-refractivity contribution is 0.112. The van der Waals surface area contributed by atoms with Crippen LogP contribution in [0.3, 0.4) is 0 Å². The number of aromatic nitrogens is 2. The lowest BCUT2D eigenvalue weighted by Gasteiger charge is -2.27. The number of pyridine rings is 1. The first-order chi connectivity index (χ1) is 11.7. The highest BCUT2D eigenvalue weighted by molar-refractivity contribution is 5.86. The number of halogens is 2. The summed E-state index contributed by atoms with van der Waals surface area (Å²) in [6.07, 6.45) is 5.70. The minimum atomic E-state index is -0.437. The molecule has 4 nitrogen and oxygen atoms in total. The summed E-state index contributed by atoms with van der Waals surface area (Å²) in [6, 6.07) is 7.10. The van der Waals surface area contributed by atoms with E-state index in [1.165, 1.54) is 18.3 Å². The predicted molar refractivity (Wildman–Crippen MR) is 86.3 cm³/mol. The Hall–Kier alpha value is -2.76. The van der Waals surface area contributed by atoms with Gasteiger partial charge in [0.15, 0.2) is 6.29 Å². The standard InChI is InChI=1S/C18H15F2N3O/c19-13-3-4-16(20)15(8-13)17-2-1-6-22(17)14-5-7-23-18(9-14)12(11-24)10-21-23/h3-5,7-11,17H,1-2,6H2/t17-/m1/s1. The maximum atomic E-state index is 14.2. The topological polar surface area (TPSA) is 37.6 Å². The first-order valence-electron chi connectivity index (χ1n) is 7.81. The molecular formula is C18H15F2N3O. The molecule has 122 valence electrons. The van der Waals surface area contributed by atoms with Crippen molar-refractivity contribution in [1.82, 2.24) is 9.61 Å². The van der Waals surface area contributed by atoms with E-state index < -0.39 is 11.6 Å². The van der Waals surface area contributed by atoms with Crippen molar-refractivity contribution < 1.29 is 13.6 Å². The van der Waals surface area contributed by atoms with E-state index in [0.717, 1.165) is 37.4 Å². The van der Waals surface area contributed by atoms with E-state index >= 15 is 0 Å². The van der Waals surface area contributed by atoms with Crippen LogP contribution in [-0.4, -0.2) is 22.4 Å². The highest BCUT2D eigenvalue weighted by Crippen LogP contribution is 2.37. The molecule has 3 aromatic rings. The fourth-order valence-electron chi connectivity index (χ4n) is 3.43. The zero-order chi connectivity index (χ0) is 16.7. The van der Waals surface area contributed by atoms with Crippen molar-refractivity contribution >= 4 is 17.5 Å². The van der Waals surface area contributed by atoms with Gasteiger partial charge in [0.05, 0.1) is 23.3 Å². The monoisotopic (exact) mass is 327 g/mol. The molecule has 0 saturated carbocycles. The number of hydrogen-bond acceptors (Lipinski definition) is 3. The Bertz CT molecular complexity index is 922. The third-order valence-electron chi connectivity index (χ3n) is 4.56. The van der Waals surface area contributed by atoms with E-state index in [0.29, 0.717) is 16.6 Å². The van der Waals surface area contributed by atoms with Gasteiger partial charge in [0.25, 0.3) is 0 Å². The van der Waals surface area contributed by atoms with Crippen LogP contribution in [-0.2, 0) is 0 Å². The van der Waals surface area contributed by atoms with Crippen molar-refractivity contribution in [3.05, 3.63) is 65.5 Å². The molecule has 0 spiro atoms. The number of benzene rings is 1. The fraction of sp³-hybridized carbons (Fsp3) is 0.222. The van der Waals surface area contributed by atoms with Gasteiger partial charge in [0.2, 0.25) is 0 Å². The van der Waals surface area contributed by atoms with Crippen LogP contribution in [0.2, 0.25) is 0 Å². The van der Waals surface area contributed by atoms with Crippen molar-refractivity contribution in [2.75, 3.05) is 11.4 Å². The number of nitrogens with zero attached hydrogens (tertiary/aromatic N) is 3. The Kier molecular flexibility index (Phi) is 3.52. The van der Waals surface area contributed by atoms with Crippen LogP contribution < -0.4 is 4.90 Å². The number of carbonyl (C=O) groups is 1. The molecule has 0 aliphatic carbocycles. The van der Waals surface area contributed by atoms with Crippen LogP contribution in [0.1, 0.15) is 34.8 Å². The molecule has 0 N–H and O–H groups in total. The SMILES string of the molecule is O=Cc1cnn2ccc(N3CCC[C@@H]3c3cc(F)ccc3F)cc12. The van der Waals surface area contributed by atoms with Crippen LogP contribution in [0.15, 0.2) is 42.7 Å². The van der Waals surface area contributed by atoms with Crippen LogP contribution in [0.5, 0.6) is 0 Å². The number of anilines is 1. The van der Waals surface area contributed by atoms with Gasteiger partial charge in [-0.2, -0.15) is 5.10 Å². The lowest BCUT2D eigenvalue weighted by Crippen LogP contribution is -2.23. The van der Waals surface area contributed by atoms with Gasteiger partial charge in [0.1, 0.15) is 11.6 Å². The molecular weight excluding hydrogens is 312 g/mol. The quantitative estimate of drug-likeness (QED) is 0.687. The van der Waals surface area contributed by atoms with E-state index in [1.54, 1.807) is 10.7 Å². The number of fused-ring (bicyclic) bond motifs is 1. The molecule has 1 aromatic carbocycles. The average Bonchev–Trinajstić information content (AvgIpc) is 3.22. The van der Waals surface area contributed by atoms with Gasteiger partial charge in [0, 0.05) is 24.0 Å². The predicted octanol–water partition coefficient (Wildman–Crippen LogP) is 3.77. The Morgan fingerprint density at radius 2 is 2.08 bits per heavy atom. The Morgan fingerprint density at radius 1 is 1.21 bits per heavy atom. The molecule has 0 amide bonds. The highest BCUT2D eigenvalue weighted by atomic mass is 19.1. The van der Waals surface area contributed by atoms with Gasteiger partial charge >= 0.3 is 0 Å². The van der Waals surface area contributed by atoms with Gasteiger partial charge in [-0.15, -0.1) is 0 Å². The molecule has 0 bridgehead atoms. The molecule has 2 aromatic heterocycles. The van der Waals surface area contributed by atoms with Crippen molar-refractivity contribution in [1.29, 1.82) is 0 Å². The second-order valence-corrected chi connectivity index (χ2v) is 5.95. The van der Waals surface area contributed by atoms with Crippen molar-refractivity contribution in [2.24, 2.45) is 0 Å². The third-order valence-corrected chi connectivity index (χ3v) is 4.56. The van der Waals surface area contributed by atoms with E-state index in [-0.39, 0.29) is 6.04 Å². The molecule has 4 rings (SSSR count). The van der Waals surface area contributed by atoms with Gasteiger partial charge in [-0.1, -0.05) is 0 Å². The normalized spacial score (nSPS) is 17.6. The van der Waals surface area contributed by atoms with Crippen molar-refractivity contribution in [3.63, 3.8) is 0 Å². The van der Waals surface area contributed by atoms with Crippen molar-refractivity contribution in [2.45, 2.75) is 18.9 Å². The molecule has 3 heterocycles. The number of hydrogen-bond donors (Lipinski definition) is 0. The van der Waals surface area contributed by atoms with Crippen LogP contribution in [0, 0.1) is 11.6 Å². The largest absolute Gasteiger partial charge is 0.364 e. The molecule has 6 heteroatoms. The zero-order valence-electron chi connectivity index (χ0n) is 12.8. The van der Waals surface area contributed by atoms with Crippen LogP contribution >= 0.6 is 0 Å². The fourth-order valence-corrected chi connectivity index (χ4v) is 3.43. The third kappa shape index (κ3) is 2.35. The second kappa shape index (κ2) is 5.70. The summed E-state index contributed by atoms with van der Waals surface area (Å²) in [5, 5.41) is 4.12. The second-order valence-electron chi connectivity index (χ2n) is 5.95. The van der Waals surface area contributed by atoms with Gasteiger partial charge in [-0.3, -0.25) is 4.79 Å². The Balaban J connectivity index is 1.77. The summed E-state index contributed by atoms with van der Waals surface area (Å²) in [6.45, 7) is 0.751. The summed E-state index contributed by atoms with van der Waals surface area (Å²) in [5.74, 6) is -0.833. The minimum absolute atomic E-state index is 0.217. The van der Waals surface area contributed by atoms with Crippen LogP contribution in [0.25, 0.3) is 5.52 Å². The molecule has 0 unspecified atom stereocenters. The minimum Gasteiger partial charge on any atom is -0.364 e. The summed E-state index contributed by atoms with van der Waals surface area (Å²) >= 11 is 0. The molecule has 1 aliphatic rings. The summed E-state index contributed by atoms with van der Waals surface area (Å²) in [4.78, 5) is 13.2. The summed E-state index contributed by atoms with van der Waals surface area (Å²) in [5.41, 5.74) is 2.45. The summed E-state index contributed by atoms with van der Waals surface area (Å²) in [7, 11) is 0. The van der Waals surface area contributed by atoms with Gasteiger partial charge in [-0.25, -0.2) is 13.3 Å². The Labute approximate surface area is 137 Å².